The Morgan fingerprint density at radius 1 is 1.16 bits per heavy atom. The standard InChI is InChI=1S/C19H15ClO5/c1-10-5-14-12(7-18(22)25-17(14)6-11(10)2)9-24-19(23)15-8-13(20)3-4-16(15)21/h3-8,21H,9H2,1-2H3. The fraction of sp³-hybridized carbons (Fsp3) is 0.158. The Balaban J connectivity index is 1.93. The van der Waals surface area contributed by atoms with Gasteiger partial charge in [-0.1, -0.05) is 11.6 Å². The van der Waals surface area contributed by atoms with Gasteiger partial charge in [-0.05, 0) is 55.3 Å². The van der Waals surface area contributed by atoms with Gasteiger partial charge in [0.2, 0.25) is 0 Å². The largest absolute Gasteiger partial charge is 0.507 e. The Kier molecular flexibility index (Phi) is 4.51. The molecular formula is C19H15ClO5. The number of carbonyl (C=O) groups excluding carboxylic acids is 1. The van der Waals surface area contributed by atoms with Gasteiger partial charge >= 0.3 is 11.6 Å². The number of carbonyl (C=O) groups is 1. The summed E-state index contributed by atoms with van der Waals surface area (Å²) in [6, 6.07) is 9.06. The number of aromatic hydroxyl groups is 1. The number of phenols is 1. The molecule has 3 aromatic rings. The van der Waals surface area contributed by atoms with E-state index in [2.05, 4.69) is 0 Å². The maximum absolute atomic E-state index is 12.2. The summed E-state index contributed by atoms with van der Waals surface area (Å²) in [5, 5.41) is 10.8. The Hall–Kier alpha value is -2.79. The topological polar surface area (TPSA) is 76.7 Å². The quantitative estimate of drug-likeness (QED) is 0.562. The van der Waals surface area contributed by atoms with E-state index in [4.69, 9.17) is 20.8 Å². The molecule has 0 fully saturated rings. The predicted molar refractivity (Wildman–Crippen MR) is 94.2 cm³/mol. The molecule has 0 saturated heterocycles. The summed E-state index contributed by atoms with van der Waals surface area (Å²) in [5.41, 5.74) is 2.44. The molecule has 0 spiro atoms. The number of benzene rings is 2. The maximum atomic E-state index is 12.2. The number of fused-ring (bicyclic) bond motifs is 1. The second-order valence-electron chi connectivity index (χ2n) is 5.76. The zero-order valence-corrected chi connectivity index (χ0v) is 14.4. The van der Waals surface area contributed by atoms with Gasteiger partial charge in [-0.15, -0.1) is 0 Å². The van der Waals surface area contributed by atoms with E-state index in [1.54, 1.807) is 6.07 Å². The second kappa shape index (κ2) is 6.61. The zero-order valence-electron chi connectivity index (χ0n) is 13.6. The van der Waals surface area contributed by atoms with Gasteiger partial charge in [0, 0.05) is 22.0 Å². The van der Waals surface area contributed by atoms with Crippen molar-refractivity contribution in [2.75, 3.05) is 0 Å². The second-order valence-corrected chi connectivity index (χ2v) is 6.20. The number of hydrogen-bond donors (Lipinski definition) is 1. The fourth-order valence-electron chi connectivity index (χ4n) is 2.50. The first-order valence-electron chi connectivity index (χ1n) is 7.55. The van der Waals surface area contributed by atoms with Crippen LogP contribution in [-0.2, 0) is 11.3 Å². The lowest BCUT2D eigenvalue weighted by atomic mass is 10.0. The molecule has 25 heavy (non-hydrogen) atoms. The first-order valence-corrected chi connectivity index (χ1v) is 7.92. The van der Waals surface area contributed by atoms with Gasteiger partial charge in [0.25, 0.3) is 0 Å². The monoisotopic (exact) mass is 358 g/mol. The van der Waals surface area contributed by atoms with Crippen LogP contribution in [0.1, 0.15) is 27.0 Å². The summed E-state index contributed by atoms with van der Waals surface area (Å²) in [6.45, 7) is 3.73. The first-order chi connectivity index (χ1) is 11.8. The molecule has 0 bridgehead atoms. The summed E-state index contributed by atoms with van der Waals surface area (Å²) < 4.78 is 10.5. The SMILES string of the molecule is Cc1cc2oc(=O)cc(COC(=O)c3cc(Cl)ccc3O)c2cc1C. The number of halogens is 1. The van der Waals surface area contributed by atoms with Crippen LogP contribution in [0.15, 0.2) is 45.6 Å². The summed E-state index contributed by atoms with van der Waals surface area (Å²) >= 11 is 5.84. The number of ether oxygens (including phenoxy) is 1. The van der Waals surface area contributed by atoms with Gasteiger partial charge in [-0.2, -0.15) is 0 Å². The molecule has 0 aliphatic heterocycles. The average molecular weight is 359 g/mol. The smallest absolute Gasteiger partial charge is 0.342 e. The van der Waals surface area contributed by atoms with E-state index in [1.807, 2.05) is 19.9 Å². The van der Waals surface area contributed by atoms with Crippen molar-refractivity contribution in [3.63, 3.8) is 0 Å². The molecule has 0 radical (unpaired) electrons. The van der Waals surface area contributed by atoms with Crippen LogP contribution in [0.5, 0.6) is 5.75 Å². The Morgan fingerprint density at radius 2 is 1.88 bits per heavy atom. The third-order valence-corrected chi connectivity index (χ3v) is 4.22. The van der Waals surface area contributed by atoms with E-state index in [-0.39, 0.29) is 17.9 Å². The molecule has 0 unspecified atom stereocenters. The molecule has 1 N–H and O–H groups in total. The van der Waals surface area contributed by atoms with Crippen LogP contribution >= 0.6 is 11.6 Å². The highest BCUT2D eigenvalue weighted by Crippen LogP contribution is 2.25. The number of hydrogen-bond acceptors (Lipinski definition) is 5. The molecule has 0 saturated carbocycles. The van der Waals surface area contributed by atoms with Crippen LogP contribution in [0.2, 0.25) is 5.02 Å². The van der Waals surface area contributed by atoms with E-state index in [0.29, 0.717) is 21.6 Å². The van der Waals surface area contributed by atoms with Gasteiger partial charge in [0.05, 0.1) is 0 Å². The molecule has 0 aliphatic rings. The van der Waals surface area contributed by atoms with E-state index >= 15 is 0 Å². The van der Waals surface area contributed by atoms with E-state index in [1.165, 1.54) is 24.3 Å². The number of esters is 1. The Morgan fingerprint density at radius 3 is 2.64 bits per heavy atom. The normalized spacial score (nSPS) is 10.8. The molecule has 5 nitrogen and oxygen atoms in total. The minimum Gasteiger partial charge on any atom is -0.507 e. The number of aryl methyl sites for hydroxylation is 2. The summed E-state index contributed by atoms with van der Waals surface area (Å²) in [6.07, 6.45) is 0. The summed E-state index contributed by atoms with van der Waals surface area (Å²) in [5.74, 6) is -0.955. The van der Waals surface area contributed by atoms with Gasteiger partial charge in [0.1, 0.15) is 23.5 Å². The molecule has 0 amide bonds. The van der Waals surface area contributed by atoms with Crippen LogP contribution in [-0.4, -0.2) is 11.1 Å². The number of phenolic OH excluding ortho intramolecular Hbond substituents is 1. The Bertz CT molecular complexity index is 1040. The first kappa shape index (κ1) is 17.0. The van der Waals surface area contributed by atoms with Gasteiger partial charge in [0.15, 0.2) is 0 Å². The van der Waals surface area contributed by atoms with Crippen LogP contribution in [0, 0.1) is 13.8 Å². The van der Waals surface area contributed by atoms with Crippen molar-refractivity contribution >= 4 is 28.5 Å². The van der Waals surface area contributed by atoms with E-state index in [0.717, 1.165) is 11.1 Å². The zero-order chi connectivity index (χ0) is 18.1. The summed E-state index contributed by atoms with van der Waals surface area (Å²) in [7, 11) is 0. The molecule has 6 heteroatoms. The highest BCUT2D eigenvalue weighted by atomic mass is 35.5. The lowest BCUT2D eigenvalue weighted by molar-refractivity contribution is 0.0470. The fourth-order valence-corrected chi connectivity index (χ4v) is 2.67. The Labute approximate surface area is 148 Å². The van der Waals surface area contributed by atoms with E-state index < -0.39 is 11.6 Å². The van der Waals surface area contributed by atoms with Crippen molar-refractivity contribution in [2.24, 2.45) is 0 Å². The van der Waals surface area contributed by atoms with Crippen LogP contribution < -0.4 is 5.63 Å². The molecule has 1 aromatic heterocycles. The minimum atomic E-state index is -0.731. The highest BCUT2D eigenvalue weighted by molar-refractivity contribution is 6.31. The third-order valence-electron chi connectivity index (χ3n) is 3.98. The van der Waals surface area contributed by atoms with Crippen molar-refractivity contribution in [2.45, 2.75) is 20.5 Å². The molecule has 0 aliphatic carbocycles. The van der Waals surface area contributed by atoms with Crippen molar-refractivity contribution in [3.05, 3.63) is 74.1 Å². The molecule has 2 aromatic carbocycles. The molecule has 128 valence electrons. The van der Waals surface area contributed by atoms with Crippen LogP contribution in [0.25, 0.3) is 11.0 Å². The third kappa shape index (κ3) is 3.51. The predicted octanol–water partition coefficient (Wildman–Crippen LogP) is 4.13. The minimum absolute atomic E-state index is 0.0354. The number of rotatable bonds is 3. The van der Waals surface area contributed by atoms with Crippen LogP contribution in [0.3, 0.4) is 0 Å². The van der Waals surface area contributed by atoms with Crippen molar-refractivity contribution < 1.29 is 19.1 Å². The lowest BCUT2D eigenvalue weighted by Gasteiger charge is -2.10. The lowest BCUT2D eigenvalue weighted by Crippen LogP contribution is -2.08. The maximum Gasteiger partial charge on any atom is 0.342 e. The molecule has 1 heterocycles. The molecular weight excluding hydrogens is 344 g/mol. The van der Waals surface area contributed by atoms with Crippen molar-refractivity contribution in [1.82, 2.24) is 0 Å². The molecule has 3 rings (SSSR count). The molecule has 0 atom stereocenters. The van der Waals surface area contributed by atoms with Crippen LogP contribution in [0.4, 0.5) is 0 Å². The van der Waals surface area contributed by atoms with E-state index in [9.17, 15) is 14.7 Å². The highest BCUT2D eigenvalue weighted by Gasteiger charge is 2.15. The van der Waals surface area contributed by atoms with Crippen molar-refractivity contribution in [1.29, 1.82) is 0 Å². The van der Waals surface area contributed by atoms with Gasteiger partial charge in [-0.25, -0.2) is 9.59 Å². The van der Waals surface area contributed by atoms with Gasteiger partial charge < -0.3 is 14.3 Å². The average Bonchev–Trinajstić information content (AvgIpc) is 2.56. The summed E-state index contributed by atoms with van der Waals surface area (Å²) in [4.78, 5) is 23.9. The van der Waals surface area contributed by atoms with Gasteiger partial charge in [-0.3, -0.25) is 0 Å². The van der Waals surface area contributed by atoms with Crippen molar-refractivity contribution in [3.8, 4) is 5.75 Å².